The number of carbonyl (C=O) groups excluding carboxylic acids is 1. The molecule has 1 amide bonds. The minimum absolute atomic E-state index is 0.0878. The molecule has 4 rings (SSSR count). The van der Waals surface area contributed by atoms with E-state index >= 15 is 0 Å². The van der Waals surface area contributed by atoms with Crippen molar-refractivity contribution in [1.29, 1.82) is 0 Å². The van der Waals surface area contributed by atoms with Crippen molar-refractivity contribution in [3.63, 3.8) is 0 Å². The van der Waals surface area contributed by atoms with Crippen LogP contribution in [0, 0.1) is 0 Å². The van der Waals surface area contributed by atoms with Gasteiger partial charge in [0.1, 0.15) is 0 Å². The molecule has 0 atom stereocenters. The maximum atomic E-state index is 13.6. The smallest absolute Gasteiger partial charge is 0.260 e. The Morgan fingerprint density at radius 1 is 1.17 bits per heavy atom. The number of amides is 1. The molecule has 0 aliphatic carbocycles. The summed E-state index contributed by atoms with van der Waals surface area (Å²) in [5, 5.41) is 1.74. The highest BCUT2D eigenvalue weighted by atomic mass is 35.5. The first-order valence-electron chi connectivity index (χ1n) is 9.53. The van der Waals surface area contributed by atoms with Gasteiger partial charge < -0.3 is 0 Å². The van der Waals surface area contributed by atoms with Crippen LogP contribution in [0.5, 0.6) is 0 Å². The second-order valence-electron chi connectivity index (χ2n) is 7.06. The number of nitrogens with zero attached hydrogens (tertiary/aromatic N) is 3. The fourth-order valence-electron chi connectivity index (χ4n) is 3.03. The summed E-state index contributed by atoms with van der Waals surface area (Å²) < 4.78 is 0.950. The molecule has 0 unspecified atom stereocenters. The number of pyridine rings is 1. The molecule has 0 N–H and O–H groups in total. The number of thioether (sulfide) groups is 1. The van der Waals surface area contributed by atoms with Gasteiger partial charge in [-0.2, -0.15) is 0 Å². The van der Waals surface area contributed by atoms with Gasteiger partial charge in [0.15, 0.2) is 5.13 Å². The summed E-state index contributed by atoms with van der Waals surface area (Å²) in [7, 11) is 0. The first-order chi connectivity index (χ1) is 14.5. The number of thiazole rings is 1. The van der Waals surface area contributed by atoms with Crippen LogP contribution in [0.2, 0.25) is 5.02 Å². The maximum absolute atomic E-state index is 13.6. The lowest BCUT2D eigenvalue weighted by molar-refractivity contribution is 0.0985. The van der Waals surface area contributed by atoms with Crippen LogP contribution < -0.4 is 4.90 Å². The summed E-state index contributed by atoms with van der Waals surface area (Å²) in [6.45, 7) is 4.67. The normalized spacial score (nSPS) is 11.2. The van der Waals surface area contributed by atoms with Gasteiger partial charge in [0.05, 0.1) is 16.8 Å². The molecule has 0 fully saturated rings. The molecule has 0 saturated carbocycles. The largest absolute Gasteiger partial charge is 0.279 e. The molecule has 30 heavy (non-hydrogen) atoms. The number of benzene rings is 2. The molecule has 2 aromatic carbocycles. The van der Waals surface area contributed by atoms with Gasteiger partial charge in [-0.3, -0.25) is 14.7 Å². The van der Waals surface area contributed by atoms with Crippen LogP contribution in [0.3, 0.4) is 0 Å². The lowest BCUT2D eigenvalue weighted by Crippen LogP contribution is -2.30. The van der Waals surface area contributed by atoms with Crippen molar-refractivity contribution < 1.29 is 4.79 Å². The van der Waals surface area contributed by atoms with Crippen LogP contribution in [0.1, 0.15) is 29.8 Å². The van der Waals surface area contributed by atoms with Crippen molar-refractivity contribution in [3.8, 4) is 0 Å². The Morgan fingerprint density at radius 3 is 2.80 bits per heavy atom. The molecule has 7 heteroatoms. The van der Waals surface area contributed by atoms with Crippen LogP contribution in [-0.4, -0.2) is 21.1 Å². The molecule has 0 bridgehead atoms. The minimum atomic E-state index is -0.0878. The van der Waals surface area contributed by atoms with E-state index in [9.17, 15) is 4.79 Å². The van der Waals surface area contributed by atoms with Crippen molar-refractivity contribution >= 4 is 56.0 Å². The molecular weight excluding hydrogens is 434 g/mol. The van der Waals surface area contributed by atoms with Gasteiger partial charge in [-0.1, -0.05) is 48.9 Å². The zero-order valence-electron chi connectivity index (χ0n) is 16.6. The third-order valence-electron chi connectivity index (χ3n) is 4.33. The fraction of sp³-hybridized carbons (Fsp3) is 0.174. The lowest BCUT2D eigenvalue weighted by Gasteiger charge is -2.20. The number of carbonyl (C=O) groups is 1. The highest BCUT2D eigenvalue weighted by molar-refractivity contribution is 7.99. The molecular formula is C23H20ClN3OS2. The number of hydrogen-bond acceptors (Lipinski definition) is 5. The van der Waals surface area contributed by atoms with E-state index in [0.29, 0.717) is 27.5 Å². The fourth-order valence-corrected chi connectivity index (χ4v) is 5.17. The first kappa shape index (κ1) is 20.8. The van der Waals surface area contributed by atoms with Crippen LogP contribution in [0.15, 0.2) is 71.9 Å². The van der Waals surface area contributed by atoms with E-state index in [1.807, 2.05) is 54.6 Å². The van der Waals surface area contributed by atoms with Crippen molar-refractivity contribution in [2.45, 2.75) is 30.5 Å². The van der Waals surface area contributed by atoms with Gasteiger partial charge in [0.2, 0.25) is 0 Å². The summed E-state index contributed by atoms with van der Waals surface area (Å²) in [5.74, 6) is -0.0878. The Labute approximate surface area is 188 Å². The molecule has 2 heterocycles. The predicted molar refractivity (Wildman–Crippen MR) is 127 cm³/mol. The number of hydrogen-bond donors (Lipinski definition) is 0. The van der Waals surface area contributed by atoms with Crippen LogP contribution in [0.4, 0.5) is 5.13 Å². The highest BCUT2D eigenvalue weighted by Gasteiger charge is 2.22. The van der Waals surface area contributed by atoms with E-state index in [-0.39, 0.29) is 5.91 Å². The van der Waals surface area contributed by atoms with Crippen molar-refractivity contribution in [2.75, 3.05) is 4.90 Å². The van der Waals surface area contributed by atoms with Gasteiger partial charge in [-0.25, -0.2) is 4.98 Å². The summed E-state index contributed by atoms with van der Waals surface area (Å²) in [5.41, 5.74) is 2.41. The van der Waals surface area contributed by atoms with Gasteiger partial charge in [-0.15, -0.1) is 11.8 Å². The van der Waals surface area contributed by atoms with Crippen LogP contribution >= 0.6 is 34.7 Å². The Kier molecular flexibility index (Phi) is 6.37. The average molecular weight is 454 g/mol. The zero-order chi connectivity index (χ0) is 21.1. The topological polar surface area (TPSA) is 46.1 Å². The standard InChI is InChI=1S/C23H20ClN3OS2/c1-15(2)29-19-7-3-6-17(11-19)22(28)27(14-16-5-4-10-25-13-16)23-26-20-9-8-18(24)12-21(20)30-23/h3-13,15H,14H2,1-2H3. The number of aromatic nitrogens is 2. The molecule has 0 aliphatic rings. The van der Waals surface area contributed by atoms with Crippen molar-refractivity contribution in [3.05, 3.63) is 83.1 Å². The molecule has 0 radical (unpaired) electrons. The summed E-state index contributed by atoms with van der Waals surface area (Å²) in [6, 6.07) is 17.2. The maximum Gasteiger partial charge on any atom is 0.260 e. The second kappa shape index (κ2) is 9.16. The lowest BCUT2D eigenvalue weighted by atomic mass is 10.2. The highest BCUT2D eigenvalue weighted by Crippen LogP contribution is 2.33. The van der Waals surface area contributed by atoms with Crippen molar-refractivity contribution in [2.24, 2.45) is 0 Å². The SMILES string of the molecule is CC(C)Sc1cccc(C(=O)N(Cc2cccnc2)c2nc3ccc(Cl)cc3s2)c1. The molecule has 4 aromatic rings. The van der Waals surface area contributed by atoms with E-state index in [2.05, 4.69) is 18.8 Å². The van der Waals surface area contributed by atoms with E-state index in [4.69, 9.17) is 16.6 Å². The summed E-state index contributed by atoms with van der Waals surface area (Å²) in [6.07, 6.45) is 3.50. The molecule has 0 spiro atoms. The Morgan fingerprint density at radius 2 is 2.03 bits per heavy atom. The zero-order valence-corrected chi connectivity index (χ0v) is 19.0. The molecule has 2 aromatic heterocycles. The van der Waals surface area contributed by atoms with E-state index in [1.165, 1.54) is 11.3 Å². The van der Waals surface area contributed by atoms with Gasteiger partial charge >= 0.3 is 0 Å². The van der Waals surface area contributed by atoms with E-state index in [1.54, 1.807) is 29.1 Å². The van der Waals surface area contributed by atoms with E-state index in [0.717, 1.165) is 20.7 Å². The Bertz CT molecular complexity index is 1180. The van der Waals surface area contributed by atoms with Gasteiger partial charge in [0, 0.05) is 33.1 Å². The molecule has 4 nitrogen and oxygen atoms in total. The monoisotopic (exact) mass is 453 g/mol. The minimum Gasteiger partial charge on any atom is -0.279 e. The third-order valence-corrected chi connectivity index (χ3v) is 6.61. The molecule has 0 saturated heterocycles. The Balaban J connectivity index is 1.73. The van der Waals surface area contributed by atoms with Gasteiger partial charge in [0.25, 0.3) is 5.91 Å². The first-order valence-corrected chi connectivity index (χ1v) is 11.6. The van der Waals surface area contributed by atoms with E-state index < -0.39 is 0 Å². The number of fused-ring (bicyclic) bond motifs is 1. The number of halogens is 1. The summed E-state index contributed by atoms with van der Waals surface area (Å²) >= 11 is 9.34. The molecule has 0 aliphatic heterocycles. The van der Waals surface area contributed by atoms with Crippen molar-refractivity contribution in [1.82, 2.24) is 9.97 Å². The predicted octanol–water partition coefficient (Wildman–Crippen LogP) is 6.69. The van der Waals surface area contributed by atoms with Crippen LogP contribution in [0.25, 0.3) is 10.2 Å². The molecule has 152 valence electrons. The third kappa shape index (κ3) is 4.83. The quantitative estimate of drug-likeness (QED) is 0.305. The summed E-state index contributed by atoms with van der Waals surface area (Å²) in [4.78, 5) is 25.3. The number of anilines is 1. The Hall–Kier alpha value is -2.41. The number of rotatable bonds is 6. The average Bonchev–Trinajstić information content (AvgIpc) is 3.15. The second-order valence-corrected chi connectivity index (χ2v) is 10.2. The van der Waals surface area contributed by atoms with Gasteiger partial charge in [-0.05, 0) is 48.0 Å². The van der Waals surface area contributed by atoms with Crippen LogP contribution in [-0.2, 0) is 6.54 Å².